The lowest BCUT2D eigenvalue weighted by atomic mass is 10.2. The first-order valence-corrected chi connectivity index (χ1v) is 6.73. The Morgan fingerprint density at radius 2 is 1.81 bits per heavy atom. The van der Waals surface area contributed by atoms with Gasteiger partial charge in [-0.1, -0.05) is 13.8 Å². The number of hydrogen-bond acceptors (Lipinski definition) is 5. The predicted octanol–water partition coefficient (Wildman–Crippen LogP) is -0.597. The van der Waals surface area contributed by atoms with Crippen molar-refractivity contribution in [2.24, 2.45) is 11.0 Å². The third kappa shape index (κ3) is 10.5. The summed E-state index contributed by atoms with van der Waals surface area (Å²) in [6.45, 7) is 6.67. The largest absolute Gasteiger partial charge is 0.383 e. The van der Waals surface area contributed by atoms with Gasteiger partial charge < -0.3 is 15.4 Å². The van der Waals surface area contributed by atoms with Gasteiger partial charge in [0.1, 0.15) is 0 Å². The molecule has 0 atom stereocenters. The van der Waals surface area contributed by atoms with Crippen molar-refractivity contribution in [3.8, 4) is 0 Å². The molecule has 0 aromatic heterocycles. The fraction of sp³-hybridized carbons (Fsp3) is 0.692. The standard InChI is InChI=1S/C13H24N4O4/c1-9(2)8-15-12(19)13(20)17-16-10(3)7-11(18)14-5-6-21-4/h9H,5-8H2,1-4H3,(H,14,18)(H,15,19)(H,17,20). The number of carbonyl (C=O) groups excluding carboxylic acids is 3. The summed E-state index contributed by atoms with van der Waals surface area (Å²) in [6, 6.07) is 0. The SMILES string of the molecule is COCCNC(=O)CC(C)=NNC(=O)C(=O)NCC(C)C. The number of nitrogens with one attached hydrogen (secondary N) is 3. The maximum atomic E-state index is 11.4. The normalized spacial score (nSPS) is 11.2. The average Bonchev–Trinajstić information content (AvgIpc) is 2.42. The van der Waals surface area contributed by atoms with Crippen molar-refractivity contribution in [1.29, 1.82) is 0 Å². The Hall–Kier alpha value is -1.96. The van der Waals surface area contributed by atoms with Crippen LogP contribution >= 0.6 is 0 Å². The van der Waals surface area contributed by atoms with Crippen LogP contribution in [0.1, 0.15) is 27.2 Å². The summed E-state index contributed by atoms with van der Waals surface area (Å²) in [5.41, 5.74) is 2.51. The predicted molar refractivity (Wildman–Crippen MR) is 78.6 cm³/mol. The van der Waals surface area contributed by atoms with E-state index in [2.05, 4.69) is 21.2 Å². The molecule has 0 fully saturated rings. The van der Waals surface area contributed by atoms with Crippen molar-refractivity contribution in [1.82, 2.24) is 16.1 Å². The zero-order chi connectivity index (χ0) is 16.3. The summed E-state index contributed by atoms with van der Waals surface area (Å²) in [4.78, 5) is 34.2. The Morgan fingerprint density at radius 1 is 1.14 bits per heavy atom. The molecule has 0 saturated carbocycles. The quantitative estimate of drug-likeness (QED) is 0.241. The Bertz CT molecular complexity index is 394. The first-order valence-electron chi connectivity index (χ1n) is 6.73. The van der Waals surface area contributed by atoms with E-state index in [0.717, 1.165) is 0 Å². The van der Waals surface area contributed by atoms with Gasteiger partial charge in [-0.25, -0.2) is 5.43 Å². The van der Waals surface area contributed by atoms with E-state index in [9.17, 15) is 14.4 Å². The molecule has 0 aliphatic rings. The molecule has 8 nitrogen and oxygen atoms in total. The van der Waals surface area contributed by atoms with Crippen LogP contribution in [0, 0.1) is 5.92 Å². The summed E-state index contributed by atoms with van der Waals surface area (Å²) in [5, 5.41) is 8.79. The Balaban J connectivity index is 4.06. The molecular weight excluding hydrogens is 276 g/mol. The number of carbonyl (C=O) groups is 3. The molecule has 21 heavy (non-hydrogen) atoms. The average molecular weight is 300 g/mol. The molecule has 3 N–H and O–H groups in total. The van der Waals surface area contributed by atoms with E-state index in [4.69, 9.17) is 4.74 Å². The molecule has 0 unspecified atom stereocenters. The highest BCUT2D eigenvalue weighted by Gasteiger charge is 2.13. The van der Waals surface area contributed by atoms with Crippen LogP contribution in [-0.2, 0) is 19.1 Å². The van der Waals surface area contributed by atoms with Crippen LogP contribution in [-0.4, -0.2) is 50.2 Å². The van der Waals surface area contributed by atoms with Crippen molar-refractivity contribution in [2.45, 2.75) is 27.2 Å². The van der Waals surface area contributed by atoms with Gasteiger partial charge in [0.15, 0.2) is 0 Å². The molecule has 120 valence electrons. The van der Waals surface area contributed by atoms with Crippen molar-refractivity contribution in [3.05, 3.63) is 0 Å². The van der Waals surface area contributed by atoms with Crippen LogP contribution in [0.3, 0.4) is 0 Å². The molecular formula is C13H24N4O4. The number of hydrogen-bond donors (Lipinski definition) is 3. The summed E-state index contributed by atoms with van der Waals surface area (Å²) in [5.74, 6) is -1.57. The van der Waals surface area contributed by atoms with E-state index in [1.54, 1.807) is 14.0 Å². The van der Waals surface area contributed by atoms with Crippen LogP contribution in [0.2, 0.25) is 0 Å². The minimum absolute atomic E-state index is 0.0393. The molecule has 0 rings (SSSR count). The van der Waals surface area contributed by atoms with Gasteiger partial charge >= 0.3 is 11.8 Å². The van der Waals surface area contributed by atoms with E-state index >= 15 is 0 Å². The number of ether oxygens (including phenoxy) is 1. The highest BCUT2D eigenvalue weighted by atomic mass is 16.5. The molecule has 0 heterocycles. The van der Waals surface area contributed by atoms with Gasteiger partial charge in [-0.15, -0.1) is 0 Å². The van der Waals surface area contributed by atoms with Gasteiger partial charge in [0.25, 0.3) is 0 Å². The Kier molecular flexibility index (Phi) is 9.78. The van der Waals surface area contributed by atoms with E-state index < -0.39 is 11.8 Å². The lowest BCUT2D eigenvalue weighted by molar-refractivity contribution is -0.139. The molecule has 0 aliphatic heterocycles. The van der Waals surface area contributed by atoms with Gasteiger partial charge in [-0.05, 0) is 12.8 Å². The minimum atomic E-state index is -0.852. The lowest BCUT2D eigenvalue weighted by Crippen LogP contribution is -2.39. The third-order valence-electron chi connectivity index (χ3n) is 2.27. The van der Waals surface area contributed by atoms with E-state index in [0.29, 0.717) is 25.4 Å². The van der Waals surface area contributed by atoms with Gasteiger partial charge in [0, 0.05) is 25.9 Å². The van der Waals surface area contributed by atoms with Crippen LogP contribution < -0.4 is 16.1 Å². The van der Waals surface area contributed by atoms with Crippen LogP contribution in [0.5, 0.6) is 0 Å². The first kappa shape index (κ1) is 19.0. The number of hydrazone groups is 1. The monoisotopic (exact) mass is 300 g/mol. The third-order valence-corrected chi connectivity index (χ3v) is 2.27. The summed E-state index contributed by atoms with van der Waals surface area (Å²) >= 11 is 0. The zero-order valence-electron chi connectivity index (χ0n) is 13.0. The minimum Gasteiger partial charge on any atom is -0.383 e. The number of rotatable bonds is 8. The number of methoxy groups -OCH3 is 1. The molecule has 8 heteroatoms. The molecule has 0 bridgehead atoms. The summed E-state index contributed by atoms with van der Waals surface area (Å²) in [7, 11) is 1.54. The second-order valence-electron chi connectivity index (χ2n) is 4.91. The molecule has 0 saturated heterocycles. The van der Waals surface area contributed by atoms with Crippen molar-refractivity contribution >= 4 is 23.4 Å². The Morgan fingerprint density at radius 3 is 2.38 bits per heavy atom. The lowest BCUT2D eigenvalue weighted by Gasteiger charge is -2.07. The van der Waals surface area contributed by atoms with Crippen LogP contribution in [0.25, 0.3) is 0 Å². The highest BCUT2D eigenvalue weighted by Crippen LogP contribution is 1.88. The molecule has 3 amide bonds. The first-order chi connectivity index (χ1) is 9.86. The fourth-order valence-corrected chi connectivity index (χ4v) is 1.20. The van der Waals surface area contributed by atoms with Crippen LogP contribution in [0.15, 0.2) is 5.10 Å². The molecule has 0 aromatic rings. The Labute approximate surface area is 124 Å². The summed E-state index contributed by atoms with van der Waals surface area (Å²) < 4.78 is 4.80. The molecule has 0 spiro atoms. The molecule has 0 aliphatic carbocycles. The van der Waals surface area contributed by atoms with Crippen molar-refractivity contribution < 1.29 is 19.1 Å². The fourth-order valence-electron chi connectivity index (χ4n) is 1.20. The van der Waals surface area contributed by atoms with E-state index in [1.807, 2.05) is 13.8 Å². The maximum Gasteiger partial charge on any atom is 0.329 e. The van der Waals surface area contributed by atoms with E-state index in [1.165, 1.54) is 0 Å². The van der Waals surface area contributed by atoms with Gasteiger partial charge in [-0.3, -0.25) is 14.4 Å². The maximum absolute atomic E-state index is 11.4. The molecule has 0 aromatic carbocycles. The smallest absolute Gasteiger partial charge is 0.329 e. The number of amides is 3. The van der Waals surface area contributed by atoms with Crippen molar-refractivity contribution in [3.63, 3.8) is 0 Å². The van der Waals surface area contributed by atoms with Gasteiger partial charge in [0.05, 0.1) is 13.0 Å². The highest BCUT2D eigenvalue weighted by molar-refractivity contribution is 6.35. The van der Waals surface area contributed by atoms with E-state index in [-0.39, 0.29) is 18.2 Å². The molecule has 0 radical (unpaired) electrons. The summed E-state index contributed by atoms with van der Waals surface area (Å²) in [6.07, 6.45) is 0.0393. The van der Waals surface area contributed by atoms with Crippen LogP contribution in [0.4, 0.5) is 0 Å². The van der Waals surface area contributed by atoms with Gasteiger partial charge in [0.2, 0.25) is 5.91 Å². The topological polar surface area (TPSA) is 109 Å². The second kappa shape index (κ2) is 10.8. The van der Waals surface area contributed by atoms with Gasteiger partial charge in [-0.2, -0.15) is 5.10 Å². The zero-order valence-corrected chi connectivity index (χ0v) is 13.0. The number of nitrogens with zero attached hydrogens (tertiary/aromatic N) is 1. The van der Waals surface area contributed by atoms with Crippen molar-refractivity contribution in [2.75, 3.05) is 26.8 Å². The second-order valence-corrected chi connectivity index (χ2v) is 4.91.